The standard InChI is InChI=1S/C15H24O3/c1-10(16)12-6-4-7-13-14(18-11(2)17)8-5-9-15(12,13)3/h12-14H,4-9H2,1-3H3/t12-,13?,14+,15-/m1/s1. The second-order valence-electron chi connectivity index (χ2n) is 6.25. The zero-order chi connectivity index (χ0) is 13.3. The van der Waals surface area contributed by atoms with Crippen molar-refractivity contribution >= 4 is 11.8 Å². The van der Waals surface area contributed by atoms with E-state index in [1.165, 1.54) is 6.92 Å². The second kappa shape index (κ2) is 5.02. The molecule has 0 aliphatic heterocycles. The van der Waals surface area contributed by atoms with Gasteiger partial charge < -0.3 is 4.74 Å². The first-order valence-corrected chi connectivity index (χ1v) is 7.13. The topological polar surface area (TPSA) is 43.4 Å². The van der Waals surface area contributed by atoms with Crippen molar-refractivity contribution in [1.29, 1.82) is 0 Å². The Kier molecular flexibility index (Phi) is 3.79. The van der Waals surface area contributed by atoms with Gasteiger partial charge in [-0.15, -0.1) is 0 Å². The molecule has 0 N–H and O–H groups in total. The van der Waals surface area contributed by atoms with Crippen molar-refractivity contribution in [3.05, 3.63) is 0 Å². The molecule has 2 aliphatic rings. The maximum absolute atomic E-state index is 11.9. The molecule has 2 aliphatic carbocycles. The minimum atomic E-state index is -0.186. The van der Waals surface area contributed by atoms with E-state index < -0.39 is 0 Å². The predicted octanol–water partition coefficient (Wildman–Crippen LogP) is 3.11. The van der Waals surface area contributed by atoms with Crippen LogP contribution in [0.3, 0.4) is 0 Å². The predicted molar refractivity (Wildman–Crippen MR) is 69.0 cm³/mol. The summed E-state index contributed by atoms with van der Waals surface area (Å²) < 4.78 is 5.50. The Hall–Kier alpha value is -0.860. The van der Waals surface area contributed by atoms with Crippen LogP contribution in [-0.4, -0.2) is 17.9 Å². The minimum Gasteiger partial charge on any atom is -0.462 e. The van der Waals surface area contributed by atoms with Crippen LogP contribution in [0.1, 0.15) is 59.3 Å². The second-order valence-corrected chi connectivity index (χ2v) is 6.25. The Morgan fingerprint density at radius 2 is 1.83 bits per heavy atom. The fraction of sp³-hybridized carbons (Fsp3) is 0.867. The van der Waals surface area contributed by atoms with E-state index in [2.05, 4.69) is 6.92 Å². The van der Waals surface area contributed by atoms with E-state index in [9.17, 15) is 9.59 Å². The van der Waals surface area contributed by atoms with E-state index in [1.807, 2.05) is 0 Å². The largest absolute Gasteiger partial charge is 0.462 e. The summed E-state index contributed by atoms with van der Waals surface area (Å²) >= 11 is 0. The van der Waals surface area contributed by atoms with Gasteiger partial charge in [0.2, 0.25) is 0 Å². The van der Waals surface area contributed by atoms with Crippen LogP contribution in [0.5, 0.6) is 0 Å². The van der Waals surface area contributed by atoms with Crippen molar-refractivity contribution in [3.8, 4) is 0 Å². The molecule has 0 amide bonds. The summed E-state index contributed by atoms with van der Waals surface area (Å²) in [5.74, 6) is 0.660. The van der Waals surface area contributed by atoms with Crippen molar-refractivity contribution in [2.75, 3.05) is 0 Å². The number of Topliss-reactive ketones (excluding diaryl/α,β-unsaturated/α-hetero) is 1. The van der Waals surface area contributed by atoms with Gasteiger partial charge >= 0.3 is 5.97 Å². The molecular formula is C15H24O3. The number of carbonyl (C=O) groups is 2. The van der Waals surface area contributed by atoms with Crippen molar-refractivity contribution in [2.24, 2.45) is 17.3 Å². The monoisotopic (exact) mass is 252 g/mol. The summed E-state index contributed by atoms with van der Waals surface area (Å²) in [4.78, 5) is 23.1. The van der Waals surface area contributed by atoms with Crippen LogP contribution in [0.15, 0.2) is 0 Å². The molecule has 1 unspecified atom stereocenters. The summed E-state index contributed by atoms with van der Waals surface area (Å²) in [5.41, 5.74) is 0.0441. The molecule has 0 bridgehead atoms. The molecule has 0 radical (unpaired) electrons. The number of hydrogen-bond donors (Lipinski definition) is 0. The van der Waals surface area contributed by atoms with Crippen molar-refractivity contribution in [1.82, 2.24) is 0 Å². The molecule has 4 atom stereocenters. The number of carbonyl (C=O) groups excluding carboxylic acids is 2. The highest BCUT2D eigenvalue weighted by atomic mass is 16.5. The lowest BCUT2D eigenvalue weighted by Gasteiger charge is -2.52. The Balaban J connectivity index is 2.22. The molecule has 18 heavy (non-hydrogen) atoms. The highest BCUT2D eigenvalue weighted by Crippen LogP contribution is 2.54. The van der Waals surface area contributed by atoms with Crippen molar-refractivity contribution < 1.29 is 14.3 Å². The lowest BCUT2D eigenvalue weighted by Crippen LogP contribution is -2.50. The van der Waals surface area contributed by atoms with Crippen LogP contribution in [0, 0.1) is 17.3 Å². The smallest absolute Gasteiger partial charge is 0.302 e. The Morgan fingerprint density at radius 1 is 1.11 bits per heavy atom. The zero-order valence-electron chi connectivity index (χ0n) is 11.7. The molecular weight excluding hydrogens is 228 g/mol. The van der Waals surface area contributed by atoms with Gasteiger partial charge in [0.25, 0.3) is 0 Å². The summed E-state index contributed by atoms with van der Waals surface area (Å²) in [7, 11) is 0. The lowest BCUT2D eigenvalue weighted by molar-refractivity contribution is -0.162. The SMILES string of the molecule is CC(=O)O[C@H]1CCC[C@@]2(C)C1CCC[C@@H]2C(C)=O. The lowest BCUT2D eigenvalue weighted by atomic mass is 9.54. The molecule has 0 saturated heterocycles. The molecule has 102 valence electrons. The first kappa shape index (κ1) is 13.6. The van der Waals surface area contributed by atoms with Gasteiger partial charge in [0.15, 0.2) is 0 Å². The quantitative estimate of drug-likeness (QED) is 0.709. The third-order valence-corrected chi connectivity index (χ3v) is 5.11. The number of ketones is 1. The Morgan fingerprint density at radius 3 is 2.44 bits per heavy atom. The maximum atomic E-state index is 11.9. The summed E-state index contributed by atoms with van der Waals surface area (Å²) in [6.07, 6.45) is 6.34. The number of fused-ring (bicyclic) bond motifs is 1. The van der Waals surface area contributed by atoms with Gasteiger partial charge in [-0.1, -0.05) is 13.3 Å². The number of ether oxygens (including phenoxy) is 1. The third-order valence-electron chi connectivity index (χ3n) is 5.11. The Labute approximate surface area is 109 Å². The van der Waals surface area contributed by atoms with E-state index in [0.717, 1.165) is 38.5 Å². The van der Waals surface area contributed by atoms with E-state index >= 15 is 0 Å². The maximum Gasteiger partial charge on any atom is 0.302 e. The fourth-order valence-electron chi connectivity index (χ4n) is 4.34. The highest BCUT2D eigenvalue weighted by molar-refractivity contribution is 5.79. The van der Waals surface area contributed by atoms with Crippen LogP contribution >= 0.6 is 0 Å². The minimum absolute atomic E-state index is 0.0309. The Bertz CT molecular complexity index is 350. The average molecular weight is 252 g/mol. The van der Waals surface area contributed by atoms with Gasteiger partial charge in [-0.05, 0) is 44.4 Å². The summed E-state index contributed by atoms with van der Waals surface area (Å²) in [6, 6.07) is 0. The first-order valence-electron chi connectivity index (χ1n) is 7.13. The van der Waals surface area contributed by atoms with E-state index in [4.69, 9.17) is 4.74 Å². The van der Waals surface area contributed by atoms with Crippen LogP contribution < -0.4 is 0 Å². The van der Waals surface area contributed by atoms with Gasteiger partial charge in [0.05, 0.1) is 0 Å². The number of rotatable bonds is 2. The summed E-state index contributed by atoms with van der Waals surface area (Å²) in [6.45, 7) is 5.43. The normalized spacial score (nSPS) is 39.8. The molecule has 3 heteroatoms. The van der Waals surface area contributed by atoms with Gasteiger partial charge in [-0.3, -0.25) is 9.59 Å². The fourth-order valence-corrected chi connectivity index (χ4v) is 4.34. The molecule has 2 rings (SSSR count). The molecule has 0 aromatic rings. The van der Waals surface area contributed by atoms with Crippen molar-refractivity contribution in [2.45, 2.75) is 65.4 Å². The molecule has 2 fully saturated rings. The van der Waals surface area contributed by atoms with E-state index in [1.54, 1.807) is 6.92 Å². The van der Waals surface area contributed by atoms with Crippen LogP contribution in [0.4, 0.5) is 0 Å². The van der Waals surface area contributed by atoms with Gasteiger partial charge in [-0.25, -0.2) is 0 Å². The first-order chi connectivity index (χ1) is 8.45. The van der Waals surface area contributed by atoms with Gasteiger partial charge in [-0.2, -0.15) is 0 Å². The molecule has 0 aromatic heterocycles. The van der Waals surface area contributed by atoms with Gasteiger partial charge in [0, 0.05) is 18.8 Å². The van der Waals surface area contributed by atoms with Gasteiger partial charge in [0.1, 0.15) is 11.9 Å². The van der Waals surface area contributed by atoms with Crippen molar-refractivity contribution in [3.63, 3.8) is 0 Å². The van der Waals surface area contributed by atoms with Crippen LogP contribution in [-0.2, 0) is 14.3 Å². The molecule has 0 aromatic carbocycles. The third kappa shape index (κ3) is 2.32. The van der Waals surface area contributed by atoms with Crippen LogP contribution in [0.2, 0.25) is 0 Å². The van der Waals surface area contributed by atoms with E-state index in [0.29, 0.717) is 11.7 Å². The molecule has 0 heterocycles. The highest BCUT2D eigenvalue weighted by Gasteiger charge is 2.51. The zero-order valence-corrected chi connectivity index (χ0v) is 11.7. The molecule has 3 nitrogen and oxygen atoms in total. The van der Waals surface area contributed by atoms with Crippen LogP contribution in [0.25, 0.3) is 0 Å². The average Bonchev–Trinajstić information content (AvgIpc) is 2.26. The van der Waals surface area contributed by atoms with E-state index in [-0.39, 0.29) is 23.4 Å². The number of esters is 1. The number of hydrogen-bond acceptors (Lipinski definition) is 3. The summed E-state index contributed by atoms with van der Waals surface area (Å²) in [5, 5.41) is 0. The molecule has 0 spiro atoms. The molecule has 2 saturated carbocycles.